The number of hydrogen-bond donors (Lipinski definition) is 2. The number of anilines is 1. The van der Waals surface area contributed by atoms with E-state index in [1.54, 1.807) is 30.3 Å². The number of benzene rings is 1. The number of nitrogens with zero attached hydrogens (tertiary/aromatic N) is 3. The maximum absolute atomic E-state index is 12.5. The summed E-state index contributed by atoms with van der Waals surface area (Å²) in [5.74, 6) is -0.169. The monoisotopic (exact) mass is 281 g/mol. The molecular formula is C15H15N5O. The molecule has 0 aliphatic heterocycles. The molecule has 0 aliphatic carbocycles. The summed E-state index contributed by atoms with van der Waals surface area (Å²) in [6.07, 6.45) is 1.71. The Hall–Kier alpha value is -2.89. The number of aromatic nitrogens is 3. The van der Waals surface area contributed by atoms with E-state index in [0.29, 0.717) is 17.9 Å². The lowest BCUT2D eigenvalue weighted by Crippen LogP contribution is -2.27. The molecule has 2 heterocycles. The first-order chi connectivity index (χ1) is 10.1. The average Bonchev–Trinajstić information content (AvgIpc) is 2.90. The third kappa shape index (κ3) is 2.55. The van der Waals surface area contributed by atoms with Crippen molar-refractivity contribution in [3.8, 4) is 0 Å². The van der Waals surface area contributed by atoms with Gasteiger partial charge in [-0.25, -0.2) is 0 Å². The van der Waals surface area contributed by atoms with Gasteiger partial charge in [0.05, 0.1) is 17.8 Å². The topological polar surface area (TPSA) is 87.9 Å². The lowest BCUT2D eigenvalue weighted by molar-refractivity contribution is 0.0779. The number of hydrogen-bond acceptors (Lipinski definition) is 4. The van der Waals surface area contributed by atoms with E-state index >= 15 is 0 Å². The summed E-state index contributed by atoms with van der Waals surface area (Å²) in [7, 11) is 1.73. The Morgan fingerprint density at radius 1 is 1.33 bits per heavy atom. The number of nitrogens with two attached hydrogens (primary N) is 1. The van der Waals surface area contributed by atoms with Gasteiger partial charge in [-0.2, -0.15) is 5.10 Å². The molecule has 0 unspecified atom stereocenters. The first kappa shape index (κ1) is 13.1. The molecule has 0 fully saturated rings. The van der Waals surface area contributed by atoms with Gasteiger partial charge in [-0.15, -0.1) is 0 Å². The molecule has 21 heavy (non-hydrogen) atoms. The van der Waals surface area contributed by atoms with Crippen molar-refractivity contribution in [1.29, 1.82) is 0 Å². The SMILES string of the molecule is CN(Cc1ccccn1)C(=O)c1n[nH]c2ccc(N)cc12. The molecule has 106 valence electrons. The van der Waals surface area contributed by atoms with Crippen LogP contribution in [-0.4, -0.2) is 33.0 Å². The Balaban J connectivity index is 1.88. The molecule has 0 aliphatic rings. The van der Waals surface area contributed by atoms with Crippen molar-refractivity contribution in [2.24, 2.45) is 0 Å². The molecule has 1 aromatic carbocycles. The normalized spacial score (nSPS) is 10.7. The molecule has 0 bridgehead atoms. The van der Waals surface area contributed by atoms with E-state index in [2.05, 4.69) is 15.2 Å². The van der Waals surface area contributed by atoms with E-state index in [4.69, 9.17) is 5.73 Å². The van der Waals surface area contributed by atoms with E-state index in [-0.39, 0.29) is 5.91 Å². The zero-order chi connectivity index (χ0) is 14.8. The van der Waals surface area contributed by atoms with Gasteiger partial charge in [-0.3, -0.25) is 14.9 Å². The first-order valence-electron chi connectivity index (χ1n) is 6.54. The summed E-state index contributed by atoms with van der Waals surface area (Å²) in [6.45, 7) is 0.427. The predicted molar refractivity (Wildman–Crippen MR) is 80.5 cm³/mol. The Bertz CT molecular complexity index is 781. The minimum atomic E-state index is -0.169. The number of carbonyl (C=O) groups is 1. The van der Waals surface area contributed by atoms with Crippen molar-refractivity contribution in [2.75, 3.05) is 12.8 Å². The molecular weight excluding hydrogens is 266 g/mol. The number of fused-ring (bicyclic) bond motifs is 1. The van der Waals surface area contributed by atoms with Gasteiger partial charge in [-0.05, 0) is 30.3 Å². The second-order valence-electron chi connectivity index (χ2n) is 4.86. The molecule has 0 spiro atoms. The van der Waals surface area contributed by atoms with E-state index in [1.807, 2.05) is 24.3 Å². The molecule has 0 radical (unpaired) electrons. The highest BCUT2D eigenvalue weighted by Gasteiger charge is 2.18. The van der Waals surface area contributed by atoms with Crippen LogP contribution in [0.4, 0.5) is 5.69 Å². The highest BCUT2D eigenvalue weighted by Crippen LogP contribution is 2.20. The summed E-state index contributed by atoms with van der Waals surface area (Å²) >= 11 is 0. The van der Waals surface area contributed by atoms with Crippen LogP contribution in [0.25, 0.3) is 10.9 Å². The van der Waals surface area contributed by atoms with E-state index in [1.165, 1.54) is 0 Å². The van der Waals surface area contributed by atoms with Gasteiger partial charge < -0.3 is 10.6 Å². The van der Waals surface area contributed by atoms with Crippen molar-refractivity contribution < 1.29 is 4.79 Å². The highest BCUT2D eigenvalue weighted by atomic mass is 16.2. The van der Waals surface area contributed by atoms with Crippen molar-refractivity contribution in [3.05, 3.63) is 54.0 Å². The predicted octanol–water partition coefficient (Wildman–Crippen LogP) is 1.81. The van der Waals surface area contributed by atoms with Gasteiger partial charge in [0.25, 0.3) is 5.91 Å². The van der Waals surface area contributed by atoms with Crippen LogP contribution in [0.15, 0.2) is 42.6 Å². The van der Waals surface area contributed by atoms with Crippen molar-refractivity contribution in [1.82, 2.24) is 20.1 Å². The van der Waals surface area contributed by atoms with Gasteiger partial charge in [0, 0.05) is 24.3 Å². The van der Waals surface area contributed by atoms with E-state index < -0.39 is 0 Å². The maximum Gasteiger partial charge on any atom is 0.275 e. The number of H-pyrrole nitrogens is 1. The van der Waals surface area contributed by atoms with Crippen LogP contribution in [0, 0.1) is 0 Å². The van der Waals surface area contributed by atoms with Gasteiger partial charge in [0.15, 0.2) is 5.69 Å². The third-order valence-electron chi connectivity index (χ3n) is 3.26. The first-order valence-corrected chi connectivity index (χ1v) is 6.54. The Morgan fingerprint density at radius 3 is 2.95 bits per heavy atom. The second kappa shape index (κ2) is 5.24. The van der Waals surface area contributed by atoms with Crippen LogP contribution >= 0.6 is 0 Å². The van der Waals surface area contributed by atoms with Crippen LogP contribution in [0.2, 0.25) is 0 Å². The fourth-order valence-electron chi connectivity index (χ4n) is 2.18. The molecule has 0 saturated heterocycles. The maximum atomic E-state index is 12.5. The summed E-state index contributed by atoms with van der Waals surface area (Å²) < 4.78 is 0. The van der Waals surface area contributed by atoms with Crippen molar-refractivity contribution >= 4 is 22.5 Å². The van der Waals surface area contributed by atoms with E-state index in [9.17, 15) is 4.79 Å². The molecule has 0 saturated carbocycles. The number of nitrogens with one attached hydrogen (secondary N) is 1. The van der Waals surface area contributed by atoms with Crippen molar-refractivity contribution in [3.63, 3.8) is 0 Å². The average molecular weight is 281 g/mol. The van der Waals surface area contributed by atoms with Gasteiger partial charge in [0.2, 0.25) is 0 Å². The molecule has 6 heteroatoms. The largest absolute Gasteiger partial charge is 0.399 e. The summed E-state index contributed by atoms with van der Waals surface area (Å²) in [6, 6.07) is 10.9. The second-order valence-corrected chi connectivity index (χ2v) is 4.86. The molecule has 0 atom stereocenters. The molecule has 1 amide bonds. The number of pyridine rings is 1. The Labute approximate surface area is 121 Å². The Morgan fingerprint density at radius 2 is 2.19 bits per heavy atom. The lowest BCUT2D eigenvalue weighted by atomic mass is 10.1. The fraction of sp³-hybridized carbons (Fsp3) is 0.133. The summed E-state index contributed by atoms with van der Waals surface area (Å²) in [4.78, 5) is 18.3. The molecule has 2 aromatic heterocycles. The van der Waals surface area contributed by atoms with Crippen molar-refractivity contribution in [2.45, 2.75) is 6.54 Å². The number of rotatable bonds is 3. The zero-order valence-electron chi connectivity index (χ0n) is 11.6. The van der Waals surface area contributed by atoms with Crippen LogP contribution in [0.1, 0.15) is 16.2 Å². The third-order valence-corrected chi connectivity index (χ3v) is 3.26. The number of nitrogen functional groups attached to an aromatic ring is 1. The standard InChI is InChI=1S/C15H15N5O/c1-20(9-11-4-2-3-7-17-11)15(21)14-12-8-10(16)5-6-13(12)18-19-14/h2-8H,9,16H2,1H3,(H,18,19). The fourth-order valence-corrected chi connectivity index (χ4v) is 2.18. The minimum Gasteiger partial charge on any atom is -0.399 e. The number of amides is 1. The molecule has 6 nitrogen and oxygen atoms in total. The van der Waals surface area contributed by atoms with E-state index in [0.717, 1.165) is 16.6 Å². The molecule has 3 rings (SSSR count). The van der Waals surface area contributed by atoms with Crippen LogP contribution < -0.4 is 5.73 Å². The highest BCUT2D eigenvalue weighted by molar-refractivity contribution is 6.05. The Kier molecular flexibility index (Phi) is 3.27. The number of carbonyl (C=O) groups excluding carboxylic acids is 1. The quantitative estimate of drug-likeness (QED) is 0.717. The van der Waals surface area contributed by atoms with Gasteiger partial charge in [0.1, 0.15) is 0 Å². The minimum absolute atomic E-state index is 0.169. The smallest absolute Gasteiger partial charge is 0.275 e. The molecule has 3 N–H and O–H groups in total. The summed E-state index contributed by atoms with van der Waals surface area (Å²) in [5, 5.41) is 7.68. The van der Waals surface area contributed by atoms with Crippen LogP contribution in [0.3, 0.4) is 0 Å². The van der Waals surface area contributed by atoms with Gasteiger partial charge >= 0.3 is 0 Å². The van der Waals surface area contributed by atoms with Gasteiger partial charge in [-0.1, -0.05) is 6.07 Å². The molecule has 3 aromatic rings. The zero-order valence-corrected chi connectivity index (χ0v) is 11.6. The number of aromatic amines is 1. The lowest BCUT2D eigenvalue weighted by Gasteiger charge is -2.15. The van der Waals surface area contributed by atoms with Crippen LogP contribution in [0.5, 0.6) is 0 Å². The van der Waals surface area contributed by atoms with Crippen LogP contribution in [-0.2, 0) is 6.54 Å². The summed E-state index contributed by atoms with van der Waals surface area (Å²) in [5.41, 5.74) is 8.37.